The first-order chi connectivity index (χ1) is 8.67. The van der Waals surface area contributed by atoms with Crippen molar-refractivity contribution in [1.29, 1.82) is 0 Å². The Morgan fingerprint density at radius 2 is 2.11 bits per heavy atom. The molecule has 1 N–H and O–H groups in total. The van der Waals surface area contributed by atoms with Crippen molar-refractivity contribution in [2.75, 3.05) is 13.2 Å². The van der Waals surface area contributed by atoms with Crippen LogP contribution < -0.4 is 10.1 Å². The van der Waals surface area contributed by atoms with Crippen molar-refractivity contribution in [2.45, 2.75) is 44.4 Å². The number of rotatable bonds is 2. The highest BCUT2D eigenvalue weighted by molar-refractivity contribution is 5.42. The normalized spacial score (nSPS) is 29.7. The predicted octanol–water partition coefficient (Wildman–Crippen LogP) is 2.67. The fraction of sp³-hybridized carbons (Fsp3) is 0.600. The lowest BCUT2D eigenvalue weighted by Gasteiger charge is -2.32. The Balaban J connectivity index is 1.81. The van der Waals surface area contributed by atoms with Crippen LogP contribution >= 0.6 is 0 Å². The summed E-state index contributed by atoms with van der Waals surface area (Å²) in [5, 5.41) is 3.71. The van der Waals surface area contributed by atoms with Crippen LogP contribution in [0.15, 0.2) is 24.3 Å². The van der Waals surface area contributed by atoms with Crippen molar-refractivity contribution >= 4 is 0 Å². The average Bonchev–Trinajstić information content (AvgIpc) is 2.62. The zero-order valence-corrected chi connectivity index (χ0v) is 11.1. The van der Waals surface area contributed by atoms with Gasteiger partial charge in [-0.3, -0.25) is 0 Å². The maximum Gasteiger partial charge on any atom is 0.125 e. The molecule has 1 saturated heterocycles. The summed E-state index contributed by atoms with van der Waals surface area (Å²) in [5.41, 5.74) is 1.08. The molecule has 0 aromatic heterocycles. The highest BCUT2D eigenvalue weighted by Gasteiger charge is 2.41. The molecule has 0 saturated carbocycles. The van der Waals surface area contributed by atoms with Crippen LogP contribution in [0.5, 0.6) is 5.75 Å². The summed E-state index contributed by atoms with van der Waals surface area (Å²) < 4.78 is 11.6. The van der Waals surface area contributed by atoms with Crippen LogP contribution in [0.4, 0.5) is 0 Å². The van der Waals surface area contributed by atoms with Crippen molar-refractivity contribution in [3.63, 3.8) is 0 Å². The number of fused-ring (bicyclic) bond motifs is 1. The number of hydrogen-bond donors (Lipinski definition) is 1. The van der Waals surface area contributed by atoms with E-state index in [2.05, 4.69) is 37.4 Å². The van der Waals surface area contributed by atoms with Crippen LogP contribution in [-0.2, 0) is 4.74 Å². The van der Waals surface area contributed by atoms with Crippen molar-refractivity contribution < 1.29 is 9.47 Å². The molecule has 18 heavy (non-hydrogen) atoms. The lowest BCUT2D eigenvalue weighted by Crippen LogP contribution is -2.46. The number of benzene rings is 1. The molecule has 2 aliphatic heterocycles. The zero-order valence-electron chi connectivity index (χ0n) is 11.1. The van der Waals surface area contributed by atoms with E-state index in [4.69, 9.17) is 9.47 Å². The zero-order chi connectivity index (χ0) is 12.6. The van der Waals surface area contributed by atoms with Gasteiger partial charge in [-0.15, -0.1) is 0 Å². The van der Waals surface area contributed by atoms with E-state index in [-0.39, 0.29) is 11.6 Å². The molecule has 2 heterocycles. The summed E-state index contributed by atoms with van der Waals surface area (Å²) in [7, 11) is 0. The van der Waals surface area contributed by atoms with Gasteiger partial charge in [0.1, 0.15) is 11.4 Å². The van der Waals surface area contributed by atoms with Gasteiger partial charge in [0, 0.05) is 18.2 Å². The summed E-state index contributed by atoms with van der Waals surface area (Å²) >= 11 is 0. The highest BCUT2D eigenvalue weighted by Crippen LogP contribution is 2.43. The van der Waals surface area contributed by atoms with E-state index in [1.807, 2.05) is 6.07 Å². The molecule has 3 nitrogen and oxygen atoms in total. The largest absolute Gasteiger partial charge is 0.486 e. The number of hydrogen-bond acceptors (Lipinski definition) is 3. The van der Waals surface area contributed by atoms with Crippen LogP contribution in [-0.4, -0.2) is 24.9 Å². The Labute approximate surface area is 108 Å². The van der Waals surface area contributed by atoms with Gasteiger partial charge in [0.2, 0.25) is 0 Å². The summed E-state index contributed by atoms with van der Waals surface area (Å²) in [6.45, 7) is 6.01. The maximum absolute atomic E-state index is 6.05. The first-order valence-corrected chi connectivity index (χ1v) is 6.78. The lowest BCUT2D eigenvalue weighted by atomic mass is 9.93. The molecule has 3 heteroatoms. The quantitative estimate of drug-likeness (QED) is 0.871. The Morgan fingerprint density at radius 3 is 2.89 bits per heavy atom. The molecule has 1 aromatic rings. The Hall–Kier alpha value is -1.06. The standard InChI is InChI=1S/C15H21NO2/c1-15(2)14(16-11-6-5-9-17-10-11)12-7-3-4-8-13(12)18-15/h3-4,7-8,11,14,16H,5-6,9-10H2,1-2H3. The topological polar surface area (TPSA) is 30.5 Å². The number of ether oxygens (including phenoxy) is 2. The van der Waals surface area contributed by atoms with E-state index in [9.17, 15) is 0 Å². The van der Waals surface area contributed by atoms with Crippen LogP contribution in [0.3, 0.4) is 0 Å². The summed E-state index contributed by atoms with van der Waals surface area (Å²) in [4.78, 5) is 0. The molecule has 3 rings (SSSR count). The molecule has 0 radical (unpaired) electrons. The molecule has 0 spiro atoms. The minimum Gasteiger partial charge on any atom is -0.486 e. The van der Waals surface area contributed by atoms with Gasteiger partial charge in [-0.25, -0.2) is 0 Å². The molecular weight excluding hydrogens is 226 g/mol. The first-order valence-electron chi connectivity index (χ1n) is 6.78. The van der Waals surface area contributed by atoms with Gasteiger partial charge in [-0.2, -0.15) is 0 Å². The van der Waals surface area contributed by atoms with Gasteiger partial charge in [-0.1, -0.05) is 18.2 Å². The maximum atomic E-state index is 6.05. The van der Waals surface area contributed by atoms with Gasteiger partial charge >= 0.3 is 0 Å². The smallest absolute Gasteiger partial charge is 0.125 e. The minimum absolute atomic E-state index is 0.193. The molecule has 1 aromatic carbocycles. The van der Waals surface area contributed by atoms with Gasteiger partial charge in [0.05, 0.1) is 12.6 Å². The first kappa shape index (κ1) is 12.0. The van der Waals surface area contributed by atoms with Gasteiger partial charge < -0.3 is 14.8 Å². The molecule has 98 valence electrons. The second-order valence-electron chi connectivity index (χ2n) is 5.76. The van der Waals surface area contributed by atoms with Gasteiger partial charge in [0.25, 0.3) is 0 Å². The van der Waals surface area contributed by atoms with E-state index in [0.717, 1.165) is 25.4 Å². The molecule has 2 unspecified atom stereocenters. The van der Waals surface area contributed by atoms with Crippen LogP contribution in [0.1, 0.15) is 38.3 Å². The SMILES string of the molecule is CC1(C)Oc2ccccc2C1NC1CCCOC1. The van der Waals surface area contributed by atoms with E-state index in [1.54, 1.807) is 0 Å². The van der Waals surface area contributed by atoms with Crippen LogP contribution in [0, 0.1) is 0 Å². The summed E-state index contributed by atoms with van der Waals surface area (Å²) in [5.74, 6) is 1.01. The van der Waals surface area contributed by atoms with Crippen LogP contribution in [0.2, 0.25) is 0 Å². The molecule has 2 atom stereocenters. The lowest BCUT2D eigenvalue weighted by molar-refractivity contribution is 0.0434. The fourth-order valence-corrected chi connectivity index (χ4v) is 2.93. The summed E-state index contributed by atoms with van der Waals surface area (Å²) in [6, 6.07) is 9.01. The third-order valence-corrected chi connectivity index (χ3v) is 3.86. The van der Waals surface area contributed by atoms with E-state index < -0.39 is 0 Å². The highest BCUT2D eigenvalue weighted by atomic mass is 16.5. The second kappa shape index (κ2) is 4.56. The van der Waals surface area contributed by atoms with Gasteiger partial charge in [0.15, 0.2) is 0 Å². The van der Waals surface area contributed by atoms with Crippen molar-refractivity contribution in [2.24, 2.45) is 0 Å². The second-order valence-corrected chi connectivity index (χ2v) is 5.76. The van der Waals surface area contributed by atoms with Crippen molar-refractivity contribution in [1.82, 2.24) is 5.32 Å². The van der Waals surface area contributed by atoms with Crippen molar-refractivity contribution in [3.8, 4) is 5.75 Å². The molecule has 0 amide bonds. The third kappa shape index (κ3) is 2.13. The molecular formula is C15H21NO2. The monoisotopic (exact) mass is 247 g/mol. The minimum atomic E-state index is -0.193. The number of nitrogens with one attached hydrogen (secondary N) is 1. The van der Waals surface area contributed by atoms with E-state index in [1.165, 1.54) is 12.0 Å². The molecule has 1 fully saturated rings. The van der Waals surface area contributed by atoms with E-state index >= 15 is 0 Å². The Kier molecular flexibility index (Phi) is 3.04. The molecule has 2 aliphatic rings. The molecule has 0 aliphatic carbocycles. The third-order valence-electron chi connectivity index (χ3n) is 3.86. The predicted molar refractivity (Wildman–Crippen MR) is 70.9 cm³/mol. The number of para-hydroxylation sites is 1. The van der Waals surface area contributed by atoms with Gasteiger partial charge in [-0.05, 0) is 32.8 Å². The average molecular weight is 247 g/mol. The summed E-state index contributed by atoms with van der Waals surface area (Å²) in [6.07, 6.45) is 2.34. The van der Waals surface area contributed by atoms with Crippen molar-refractivity contribution in [3.05, 3.63) is 29.8 Å². The van der Waals surface area contributed by atoms with Crippen LogP contribution in [0.25, 0.3) is 0 Å². The molecule has 0 bridgehead atoms. The Bertz CT molecular complexity index is 424. The fourth-order valence-electron chi connectivity index (χ4n) is 2.93. The Morgan fingerprint density at radius 1 is 1.28 bits per heavy atom. The van der Waals surface area contributed by atoms with E-state index in [0.29, 0.717) is 6.04 Å².